The summed E-state index contributed by atoms with van der Waals surface area (Å²) < 4.78 is 0. The van der Waals surface area contributed by atoms with E-state index in [4.69, 9.17) is 11.6 Å². The largest absolute Gasteiger partial charge is 0.371 e. The van der Waals surface area contributed by atoms with Crippen LogP contribution < -0.4 is 10.2 Å². The molecule has 1 aliphatic carbocycles. The molecule has 1 saturated carbocycles. The molecule has 1 heterocycles. The van der Waals surface area contributed by atoms with Gasteiger partial charge in [0.15, 0.2) is 0 Å². The van der Waals surface area contributed by atoms with Gasteiger partial charge in [-0.2, -0.15) is 0 Å². The van der Waals surface area contributed by atoms with Crippen molar-refractivity contribution in [3.05, 3.63) is 29.3 Å². The van der Waals surface area contributed by atoms with Crippen LogP contribution in [0.2, 0.25) is 5.02 Å². The second-order valence-corrected chi connectivity index (χ2v) is 5.70. The van der Waals surface area contributed by atoms with Gasteiger partial charge in [0.05, 0.1) is 0 Å². The Morgan fingerprint density at radius 2 is 2.18 bits per heavy atom. The molecule has 1 aromatic carbocycles. The minimum Gasteiger partial charge on any atom is -0.371 e. The molecule has 0 amide bonds. The summed E-state index contributed by atoms with van der Waals surface area (Å²) in [5, 5.41) is 4.46. The first-order valence-corrected chi connectivity index (χ1v) is 6.93. The van der Waals surface area contributed by atoms with Gasteiger partial charge in [-0.05, 0) is 49.9 Å². The third-order valence-corrected chi connectivity index (χ3v) is 3.97. The van der Waals surface area contributed by atoms with Crippen molar-refractivity contribution in [2.24, 2.45) is 5.92 Å². The van der Waals surface area contributed by atoms with Crippen molar-refractivity contribution in [2.45, 2.75) is 25.3 Å². The molecule has 0 radical (unpaired) electrons. The quantitative estimate of drug-likeness (QED) is 0.884. The van der Waals surface area contributed by atoms with E-state index in [0.717, 1.165) is 23.5 Å². The van der Waals surface area contributed by atoms with Crippen molar-refractivity contribution in [3.8, 4) is 0 Å². The lowest BCUT2D eigenvalue weighted by atomic mass is 10.1. The van der Waals surface area contributed by atoms with Crippen molar-refractivity contribution >= 4 is 17.3 Å². The van der Waals surface area contributed by atoms with Gasteiger partial charge in [-0.1, -0.05) is 17.7 Å². The van der Waals surface area contributed by atoms with Crippen molar-refractivity contribution in [1.82, 2.24) is 5.32 Å². The lowest BCUT2D eigenvalue weighted by molar-refractivity contribution is 0.515. The average Bonchev–Trinajstić information content (AvgIpc) is 3.04. The van der Waals surface area contributed by atoms with Crippen molar-refractivity contribution in [3.63, 3.8) is 0 Å². The molecule has 17 heavy (non-hydrogen) atoms. The van der Waals surface area contributed by atoms with E-state index in [1.54, 1.807) is 0 Å². The van der Waals surface area contributed by atoms with E-state index in [0.29, 0.717) is 0 Å². The van der Waals surface area contributed by atoms with Crippen LogP contribution in [0, 0.1) is 5.92 Å². The van der Waals surface area contributed by atoms with Crippen LogP contribution in [0.15, 0.2) is 24.3 Å². The maximum Gasteiger partial charge on any atom is 0.0426 e. The zero-order valence-electron chi connectivity index (χ0n) is 10.0. The van der Waals surface area contributed by atoms with Gasteiger partial charge in [-0.25, -0.2) is 0 Å². The van der Waals surface area contributed by atoms with Crippen LogP contribution in [0.3, 0.4) is 0 Å². The maximum absolute atomic E-state index is 6.03. The maximum atomic E-state index is 6.03. The fourth-order valence-corrected chi connectivity index (χ4v) is 2.71. The zero-order chi connectivity index (χ0) is 11.7. The van der Waals surface area contributed by atoms with Crippen LogP contribution in [0.4, 0.5) is 5.69 Å². The first-order valence-electron chi connectivity index (χ1n) is 6.55. The normalized spacial score (nSPS) is 24.3. The van der Waals surface area contributed by atoms with Crippen molar-refractivity contribution in [2.75, 3.05) is 24.5 Å². The number of rotatable bonds is 4. The molecule has 1 unspecified atom stereocenters. The molecule has 2 fully saturated rings. The van der Waals surface area contributed by atoms with Crippen molar-refractivity contribution < 1.29 is 0 Å². The van der Waals surface area contributed by atoms with E-state index in [1.165, 1.54) is 38.0 Å². The van der Waals surface area contributed by atoms with Gasteiger partial charge in [0.2, 0.25) is 0 Å². The minimum absolute atomic E-state index is 0.801. The summed E-state index contributed by atoms with van der Waals surface area (Å²) in [6.07, 6.45) is 4.06. The fourth-order valence-electron chi connectivity index (χ4n) is 2.53. The smallest absolute Gasteiger partial charge is 0.0426 e. The summed E-state index contributed by atoms with van der Waals surface area (Å²) in [5.41, 5.74) is 1.27. The summed E-state index contributed by atoms with van der Waals surface area (Å²) >= 11 is 6.03. The molecule has 3 heteroatoms. The second kappa shape index (κ2) is 4.87. The third-order valence-electron chi connectivity index (χ3n) is 3.73. The Labute approximate surface area is 108 Å². The van der Waals surface area contributed by atoms with E-state index in [-0.39, 0.29) is 0 Å². The second-order valence-electron chi connectivity index (χ2n) is 5.26. The SMILES string of the molecule is Clc1cccc(N2CCC(CNC3CC3)C2)c1. The van der Waals surface area contributed by atoms with Crippen LogP contribution in [0.5, 0.6) is 0 Å². The van der Waals surface area contributed by atoms with E-state index >= 15 is 0 Å². The highest BCUT2D eigenvalue weighted by atomic mass is 35.5. The van der Waals surface area contributed by atoms with Gasteiger partial charge >= 0.3 is 0 Å². The first-order chi connectivity index (χ1) is 8.31. The summed E-state index contributed by atoms with van der Waals surface area (Å²) in [5.74, 6) is 0.801. The van der Waals surface area contributed by atoms with Crippen LogP contribution in [-0.4, -0.2) is 25.7 Å². The number of nitrogens with zero attached hydrogens (tertiary/aromatic N) is 1. The predicted molar refractivity (Wildman–Crippen MR) is 72.8 cm³/mol. The topological polar surface area (TPSA) is 15.3 Å². The van der Waals surface area contributed by atoms with Gasteiger partial charge in [0.25, 0.3) is 0 Å². The monoisotopic (exact) mass is 250 g/mol. The number of nitrogens with one attached hydrogen (secondary N) is 1. The molecule has 92 valence electrons. The highest BCUT2D eigenvalue weighted by Gasteiger charge is 2.26. The van der Waals surface area contributed by atoms with Crippen LogP contribution >= 0.6 is 11.6 Å². The molecular weight excluding hydrogens is 232 g/mol. The molecule has 2 nitrogen and oxygen atoms in total. The Bertz CT molecular complexity index is 390. The summed E-state index contributed by atoms with van der Waals surface area (Å²) in [4.78, 5) is 2.45. The lowest BCUT2D eigenvalue weighted by Gasteiger charge is -2.19. The zero-order valence-corrected chi connectivity index (χ0v) is 10.8. The Kier molecular flexibility index (Phi) is 3.26. The Morgan fingerprint density at radius 1 is 1.29 bits per heavy atom. The molecular formula is C14H19ClN2. The highest BCUT2D eigenvalue weighted by molar-refractivity contribution is 6.30. The summed E-state index contributed by atoms with van der Waals surface area (Å²) in [7, 11) is 0. The van der Waals surface area contributed by atoms with E-state index in [1.807, 2.05) is 12.1 Å². The Morgan fingerprint density at radius 3 is 2.94 bits per heavy atom. The molecule has 1 atom stereocenters. The summed E-state index contributed by atoms with van der Waals surface area (Å²) in [6, 6.07) is 9.02. The molecule has 0 bridgehead atoms. The average molecular weight is 251 g/mol. The number of benzene rings is 1. The first kappa shape index (κ1) is 11.4. The Hall–Kier alpha value is -0.730. The van der Waals surface area contributed by atoms with Gasteiger partial charge < -0.3 is 10.2 Å². The molecule has 3 rings (SSSR count). The molecule has 1 aliphatic heterocycles. The number of halogens is 1. The van der Waals surface area contributed by atoms with Gasteiger partial charge in [0.1, 0.15) is 0 Å². The van der Waals surface area contributed by atoms with Gasteiger partial charge in [-0.3, -0.25) is 0 Å². The van der Waals surface area contributed by atoms with Crippen molar-refractivity contribution in [1.29, 1.82) is 0 Å². The predicted octanol–water partition coefficient (Wildman–Crippen LogP) is 2.92. The van der Waals surface area contributed by atoms with E-state index in [9.17, 15) is 0 Å². The molecule has 0 spiro atoms. The molecule has 1 aromatic rings. The van der Waals surface area contributed by atoms with Gasteiger partial charge in [0, 0.05) is 29.8 Å². The third kappa shape index (κ3) is 2.93. The summed E-state index contributed by atoms with van der Waals surface area (Å²) in [6.45, 7) is 3.51. The van der Waals surface area contributed by atoms with E-state index in [2.05, 4.69) is 22.3 Å². The number of anilines is 1. The highest BCUT2D eigenvalue weighted by Crippen LogP contribution is 2.26. The molecule has 1 saturated heterocycles. The van der Waals surface area contributed by atoms with Crippen LogP contribution in [0.25, 0.3) is 0 Å². The molecule has 2 aliphatic rings. The number of hydrogen-bond acceptors (Lipinski definition) is 2. The van der Waals surface area contributed by atoms with Crippen LogP contribution in [0.1, 0.15) is 19.3 Å². The fraction of sp³-hybridized carbons (Fsp3) is 0.571. The number of hydrogen-bond donors (Lipinski definition) is 1. The minimum atomic E-state index is 0.801. The van der Waals surface area contributed by atoms with Crippen LogP contribution in [-0.2, 0) is 0 Å². The standard InChI is InChI=1S/C14H19ClN2/c15-12-2-1-3-14(8-12)17-7-6-11(10-17)9-16-13-4-5-13/h1-3,8,11,13,16H,4-7,9-10H2. The molecule has 0 aromatic heterocycles. The van der Waals surface area contributed by atoms with E-state index < -0.39 is 0 Å². The Balaban J connectivity index is 1.55. The molecule has 1 N–H and O–H groups in total. The van der Waals surface area contributed by atoms with Gasteiger partial charge in [-0.15, -0.1) is 0 Å². The lowest BCUT2D eigenvalue weighted by Crippen LogP contribution is -2.27.